The summed E-state index contributed by atoms with van der Waals surface area (Å²) < 4.78 is 1.67. The second kappa shape index (κ2) is 5.48. The van der Waals surface area contributed by atoms with E-state index in [-0.39, 0.29) is 11.6 Å². The molecule has 0 saturated heterocycles. The summed E-state index contributed by atoms with van der Waals surface area (Å²) in [6.07, 6.45) is 3.26. The summed E-state index contributed by atoms with van der Waals surface area (Å²) in [5.41, 5.74) is 2.30. The van der Waals surface area contributed by atoms with Crippen molar-refractivity contribution in [2.45, 2.75) is 39.7 Å². The van der Waals surface area contributed by atoms with Crippen LogP contribution in [0.4, 0.5) is 5.69 Å². The van der Waals surface area contributed by atoms with Crippen molar-refractivity contribution in [3.8, 4) is 0 Å². The Kier molecular flexibility index (Phi) is 3.92. The minimum absolute atomic E-state index is 0.195. The van der Waals surface area contributed by atoms with Gasteiger partial charge in [-0.2, -0.15) is 5.10 Å². The third-order valence-electron chi connectivity index (χ3n) is 3.59. The van der Waals surface area contributed by atoms with Crippen molar-refractivity contribution in [3.63, 3.8) is 0 Å². The van der Waals surface area contributed by atoms with Crippen LogP contribution in [0, 0.1) is 6.92 Å². The summed E-state index contributed by atoms with van der Waals surface area (Å²) in [6, 6.07) is 0.235. The predicted molar refractivity (Wildman–Crippen MR) is 78.2 cm³/mol. The Morgan fingerprint density at radius 2 is 2.10 bits per heavy atom. The normalized spacial score (nSPS) is 11.2. The molecular weight excluding hydrogens is 256 g/mol. The van der Waals surface area contributed by atoms with E-state index in [0.29, 0.717) is 11.3 Å². The van der Waals surface area contributed by atoms with Crippen LogP contribution in [-0.2, 0) is 7.05 Å². The average Bonchev–Trinajstić information content (AvgIpc) is 2.71. The number of aromatic carboxylic acids is 1. The van der Waals surface area contributed by atoms with Crippen LogP contribution in [0.15, 0.2) is 6.20 Å². The first kappa shape index (κ1) is 14.3. The number of pyridine rings is 1. The summed E-state index contributed by atoms with van der Waals surface area (Å²) in [5, 5.41) is 17.8. The molecule has 0 spiro atoms. The van der Waals surface area contributed by atoms with E-state index in [0.717, 1.165) is 23.9 Å². The van der Waals surface area contributed by atoms with E-state index in [9.17, 15) is 9.90 Å². The molecule has 0 bridgehead atoms. The Hall–Kier alpha value is -2.11. The van der Waals surface area contributed by atoms with Crippen molar-refractivity contribution in [2.24, 2.45) is 7.05 Å². The van der Waals surface area contributed by atoms with Gasteiger partial charge >= 0.3 is 5.97 Å². The average molecular weight is 276 g/mol. The Morgan fingerprint density at radius 3 is 2.65 bits per heavy atom. The minimum Gasteiger partial charge on any atom is -0.478 e. The molecule has 0 fully saturated rings. The molecule has 0 aliphatic heterocycles. The van der Waals surface area contributed by atoms with Crippen molar-refractivity contribution < 1.29 is 9.90 Å². The van der Waals surface area contributed by atoms with Gasteiger partial charge in [0.15, 0.2) is 5.65 Å². The highest BCUT2D eigenvalue weighted by Gasteiger charge is 2.20. The molecule has 0 amide bonds. The first-order valence-electron chi connectivity index (χ1n) is 6.81. The molecule has 0 aliphatic carbocycles. The van der Waals surface area contributed by atoms with Gasteiger partial charge < -0.3 is 10.4 Å². The zero-order valence-corrected chi connectivity index (χ0v) is 12.3. The number of hydrogen-bond acceptors (Lipinski definition) is 4. The first-order chi connectivity index (χ1) is 9.49. The maximum Gasteiger partial charge on any atom is 0.339 e. The SMILES string of the molecule is CCC(CC)Nc1c(C(=O)O)cnc2c1c(C)nn2C. The largest absolute Gasteiger partial charge is 0.478 e. The lowest BCUT2D eigenvalue weighted by Gasteiger charge is -2.18. The molecule has 2 aromatic rings. The molecule has 0 radical (unpaired) electrons. The molecule has 6 nitrogen and oxygen atoms in total. The Bertz CT molecular complexity index is 644. The standard InChI is InChI=1S/C14H20N4O2/c1-5-9(6-2)16-12-10(14(19)20)7-15-13-11(12)8(3)17-18(13)4/h7,9H,5-6H2,1-4H3,(H,15,16)(H,19,20). The number of carboxylic acid groups (broad SMARTS) is 1. The van der Waals surface area contributed by atoms with Gasteiger partial charge in [0, 0.05) is 19.3 Å². The predicted octanol–water partition coefficient (Wildman–Crippen LogP) is 2.58. The molecule has 2 heterocycles. The number of hydrogen-bond donors (Lipinski definition) is 2. The van der Waals surface area contributed by atoms with Crippen LogP contribution in [0.5, 0.6) is 0 Å². The molecule has 0 atom stereocenters. The van der Waals surface area contributed by atoms with Gasteiger partial charge in [-0.25, -0.2) is 9.78 Å². The van der Waals surface area contributed by atoms with Crippen molar-refractivity contribution in [2.75, 3.05) is 5.32 Å². The smallest absolute Gasteiger partial charge is 0.339 e. The number of carbonyl (C=O) groups is 1. The number of aromatic nitrogens is 3. The van der Waals surface area contributed by atoms with E-state index < -0.39 is 5.97 Å². The number of fused-ring (bicyclic) bond motifs is 1. The van der Waals surface area contributed by atoms with Crippen molar-refractivity contribution in [1.29, 1.82) is 0 Å². The third-order valence-corrected chi connectivity index (χ3v) is 3.59. The topological polar surface area (TPSA) is 80.0 Å². The van der Waals surface area contributed by atoms with Gasteiger partial charge in [-0.3, -0.25) is 4.68 Å². The van der Waals surface area contributed by atoms with Gasteiger partial charge in [-0.1, -0.05) is 13.8 Å². The van der Waals surface area contributed by atoms with Gasteiger partial charge in [-0.05, 0) is 19.8 Å². The molecule has 2 N–H and O–H groups in total. The molecular formula is C14H20N4O2. The number of rotatable bonds is 5. The molecule has 6 heteroatoms. The van der Waals surface area contributed by atoms with Crippen molar-refractivity contribution in [1.82, 2.24) is 14.8 Å². The van der Waals surface area contributed by atoms with E-state index in [1.54, 1.807) is 4.68 Å². The lowest BCUT2D eigenvalue weighted by Crippen LogP contribution is -2.19. The zero-order valence-electron chi connectivity index (χ0n) is 12.3. The fourth-order valence-corrected chi connectivity index (χ4v) is 2.42. The van der Waals surface area contributed by atoms with Gasteiger partial charge in [0.25, 0.3) is 0 Å². The summed E-state index contributed by atoms with van der Waals surface area (Å²) >= 11 is 0. The van der Waals surface area contributed by atoms with Crippen molar-refractivity contribution >= 4 is 22.7 Å². The Balaban J connectivity index is 2.68. The monoisotopic (exact) mass is 276 g/mol. The summed E-state index contributed by atoms with van der Waals surface area (Å²) in [5.74, 6) is -0.976. The first-order valence-corrected chi connectivity index (χ1v) is 6.81. The molecule has 2 aromatic heterocycles. The van der Waals surface area contributed by atoms with E-state index in [1.165, 1.54) is 6.20 Å². The van der Waals surface area contributed by atoms with E-state index >= 15 is 0 Å². The van der Waals surface area contributed by atoms with Gasteiger partial charge in [0.1, 0.15) is 5.56 Å². The van der Waals surface area contributed by atoms with Crippen LogP contribution in [0.25, 0.3) is 11.0 Å². The van der Waals surface area contributed by atoms with E-state index in [4.69, 9.17) is 0 Å². The third kappa shape index (κ3) is 2.33. The number of nitrogens with one attached hydrogen (secondary N) is 1. The lowest BCUT2D eigenvalue weighted by molar-refractivity contribution is 0.0697. The van der Waals surface area contributed by atoms with Gasteiger partial charge in [-0.15, -0.1) is 0 Å². The Labute approximate surface area is 117 Å². The van der Waals surface area contributed by atoms with Crippen LogP contribution in [0.3, 0.4) is 0 Å². The molecule has 20 heavy (non-hydrogen) atoms. The highest BCUT2D eigenvalue weighted by atomic mass is 16.4. The summed E-state index contributed by atoms with van der Waals surface area (Å²) in [4.78, 5) is 15.7. The number of anilines is 1. The maximum absolute atomic E-state index is 11.4. The number of carboxylic acids is 1. The number of nitrogens with zero attached hydrogens (tertiary/aromatic N) is 3. The van der Waals surface area contributed by atoms with Crippen LogP contribution < -0.4 is 5.32 Å². The fourth-order valence-electron chi connectivity index (χ4n) is 2.42. The van der Waals surface area contributed by atoms with Crippen molar-refractivity contribution in [3.05, 3.63) is 17.5 Å². The second-order valence-corrected chi connectivity index (χ2v) is 4.92. The molecule has 0 aromatic carbocycles. The quantitative estimate of drug-likeness (QED) is 0.877. The van der Waals surface area contributed by atoms with Crippen LogP contribution in [0.2, 0.25) is 0 Å². The Morgan fingerprint density at radius 1 is 1.45 bits per heavy atom. The molecule has 0 unspecified atom stereocenters. The molecule has 0 saturated carbocycles. The zero-order chi connectivity index (χ0) is 14.9. The van der Waals surface area contributed by atoms with E-state index in [1.807, 2.05) is 14.0 Å². The molecule has 108 valence electrons. The highest BCUT2D eigenvalue weighted by molar-refractivity contribution is 6.04. The highest BCUT2D eigenvalue weighted by Crippen LogP contribution is 2.29. The molecule has 2 rings (SSSR count). The lowest BCUT2D eigenvalue weighted by atomic mass is 10.1. The number of aryl methyl sites for hydroxylation is 2. The van der Waals surface area contributed by atoms with Crippen LogP contribution in [-0.4, -0.2) is 31.9 Å². The second-order valence-electron chi connectivity index (χ2n) is 4.92. The summed E-state index contributed by atoms with van der Waals surface area (Å²) in [6.45, 7) is 6.03. The van der Waals surface area contributed by atoms with Gasteiger partial charge in [0.2, 0.25) is 0 Å². The van der Waals surface area contributed by atoms with Gasteiger partial charge in [0.05, 0.1) is 16.8 Å². The maximum atomic E-state index is 11.4. The van der Waals surface area contributed by atoms with Crippen LogP contribution >= 0.6 is 0 Å². The minimum atomic E-state index is -0.976. The van der Waals surface area contributed by atoms with E-state index in [2.05, 4.69) is 29.2 Å². The fraction of sp³-hybridized carbons (Fsp3) is 0.500. The molecule has 0 aliphatic rings. The summed E-state index contributed by atoms with van der Waals surface area (Å²) in [7, 11) is 1.81. The van der Waals surface area contributed by atoms with Crippen LogP contribution in [0.1, 0.15) is 42.7 Å².